The number of aromatic hydroxyl groups is 1. The third kappa shape index (κ3) is 6.79. The number of phenolic OH excluding ortho intramolecular Hbond substituents is 1. The molecule has 0 bridgehead atoms. The Hall–Kier alpha value is -3.50. The van der Waals surface area contributed by atoms with E-state index in [0.717, 1.165) is 48.8 Å². The standard InChI is InChI=1S/C37H47NO8/c1-38-20-24-17-33-28(19-32(24)43-3)36(41)34(31(46-33)12-7-13-42-2)30-21-44-37-23(14-22-8-6-9-25(39)15-22)16-27(18-29(37)35(30)40)45-26-10-4-5-11-26/h6,8-9,15-19,26,30-31,34-36,38-41H,4-5,7,10-14,20-21H2,1-3H3. The lowest BCUT2D eigenvalue weighted by Crippen LogP contribution is -2.46. The highest BCUT2D eigenvalue weighted by Crippen LogP contribution is 2.51. The number of aliphatic hydroxyl groups excluding tert-OH is 2. The van der Waals surface area contributed by atoms with Crippen LogP contribution in [-0.2, 0) is 17.7 Å². The molecule has 0 spiro atoms. The molecule has 9 nitrogen and oxygen atoms in total. The summed E-state index contributed by atoms with van der Waals surface area (Å²) in [5.74, 6) is 1.92. The molecule has 5 atom stereocenters. The summed E-state index contributed by atoms with van der Waals surface area (Å²) in [6.45, 7) is 1.37. The quantitative estimate of drug-likeness (QED) is 0.189. The molecule has 6 rings (SSSR count). The van der Waals surface area contributed by atoms with Crippen molar-refractivity contribution in [2.24, 2.45) is 11.8 Å². The third-order valence-electron chi connectivity index (χ3n) is 9.72. The first-order valence-corrected chi connectivity index (χ1v) is 16.5. The number of rotatable bonds is 12. The largest absolute Gasteiger partial charge is 0.508 e. The van der Waals surface area contributed by atoms with E-state index in [1.807, 2.05) is 43.4 Å². The fraction of sp³-hybridized carbons (Fsp3) is 0.514. The molecule has 2 heterocycles. The lowest BCUT2D eigenvalue weighted by molar-refractivity contribution is -0.0890. The highest BCUT2D eigenvalue weighted by atomic mass is 16.5. The van der Waals surface area contributed by atoms with Crippen LogP contribution in [0.4, 0.5) is 0 Å². The van der Waals surface area contributed by atoms with Crippen molar-refractivity contribution in [3.05, 3.63) is 76.3 Å². The van der Waals surface area contributed by atoms with Gasteiger partial charge in [0.05, 0.1) is 32.0 Å². The van der Waals surface area contributed by atoms with Crippen LogP contribution in [0.5, 0.6) is 28.7 Å². The van der Waals surface area contributed by atoms with Gasteiger partial charge in [0, 0.05) is 60.8 Å². The molecule has 0 aromatic heterocycles. The summed E-state index contributed by atoms with van der Waals surface area (Å²) in [4.78, 5) is 0. The van der Waals surface area contributed by atoms with E-state index in [0.29, 0.717) is 60.1 Å². The second kappa shape index (κ2) is 14.5. The van der Waals surface area contributed by atoms with Crippen molar-refractivity contribution in [1.29, 1.82) is 0 Å². The van der Waals surface area contributed by atoms with Crippen molar-refractivity contribution in [3.8, 4) is 28.7 Å². The molecule has 1 saturated carbocycles. The van der Waals surface area contributed by atoms with E-state index in [4.69, 9.17) is 23.7 Å². The van der Waals surface area contributed by atoms with Crippen molar-refractivity contribution >= 4 is 0 Å². The van der Waals surface area contributed by atoms with Crippen LogP contribution >= 0.6 is 0 Å². The molecule has 0 radical (unpaired) electrons. The average molecular weight is 634 g/mol. The topological polar surface area (TPSA) is 119 Å². The maximum atomic E-state index is 12.2. The van der Waals surface area contributed by atoms with Gasteiger partial charge in [0.25, 0.3) is 0 Å². The molecule has 248 valence electrons. The van der Waals surface area contributed by atoms with E-state index >= 15 is 0 Å². The van der Waals surface area contributed by atoms with Crippen molar-refractivity contribution in [1.82, 2.24) is 5.32 Å². The number of phenols is 1. The number of benzene rings is 3. The summed E-state index contributed by atoms with van der Waals surface area (Å²) in [6, 6.07) is 14.9. The monoisotopic (exact) mass is 633 g/mol. The van der Waals surface area contributed by atoms with Gasteiger partial charge in [-0.15, -0.1) is 0 Å². The maximum absolute atomic E-state index is 12.2. The van der Waals surface area contributed by atoms with Crippen molar-refractivity contribution in [2.75, 3.05) is 34.5 Å². The minimum Gasteiger partial charge on any atom is -0.508 e. The smallest absolute Gasteiger partial charge is 0.128 e. The summed E-state index contributed by atoms with van der Waals surface area (Å²) in [7, 11) is 5.17. The normalized spacial score (nSPS) is 24.1. The van der Waals surface area contributed by atoms with E-state index in [9.17, 15) is 15.3 Å². The molecule has 3 aromatic carbocycles. The molecule has 2 aliphatic heterocycles. The molecule has 0 amide bonds. The summed E-state index contributed by atoms with van der Waals surface area (Å²) < 4.78 is 30.7. The van der Waals surface area contributed by atoms with Crippen LogP contribution in [0.25, 0.3) is 0 Å². The van der Waals surface area contributed by atoms with Gasteiger partial charge in [-0.3, -0.25) is 0 Å². The second-order valence-electron chi connectivity index (χ2n) is 12.8. The Morgan fingerprint density at radius 1 is 0.957 bits per heavy atom. The fourth-order valence-corrected chi connectivity index (χ4v) is 7.50. The molecule has 3 aliphatic rings. The van der Waals surface area contributed by atoms with E-state index in [1.165, 1.54) is 0 Å². The molecular weight excluding hydrogens is 586 g/mol. The summed E-state index contributed by atoms with van der Waals surface area (Å²) >= 11 is 0. The molecule has 9 heteroatoms. The number of aliphatic hydroxyl groups is 2. The van der Waals surface area contributed by atoms with Crippen molar-refractivity contribution in [3.63, 3.8) is 0 Å². The summed E-state index contributed by atoms with van der Waals surface area (Å²) in [5.41, 5.74) is 4.05. The zero-order valence-electron chi connectivity index (χ0n) is 27.0. The molecule has 46 heavy (non-hydrogen) atoms. The van der Waals surface area contributed by atoms with Crippen LogP contribution in [0, 0.1) is 11.8 Å². The lowest BCUT2D eigenvalue weighted by atomic mass is 9.72. The van der Waals surface area contributed by atoms with Gasteiger partial charge in [0.2, 0.25) is 0 Å². The van der Waals surface area contributed by atoms with Gasteiger partial charge in [0.1, 0.15) is 34.9 Å². The second-order valence-corrected chi connectivity index (χ2v) is 12.8. The van der Waals surface area contributed by atoms with Crippen LogP contribution in [-0.4, -0.2) is 62.0 Å². The van der Waals surface area contributed by atoms with Crippen LogP contribution in [0.1, 0.15) is 78.6 Å². The maximum Gasteiger partial charge on any atom is 0.128 e. The minimum atomic E-state index is -0.931. The number of nitrogens with one attached hydrogen (secondary N) is 1. The van der Waals surface area contributed by atoms with Gasteiger partial charge in [0.15, 0.2) is 0 Å². The van der Waals surface area contributed by atoms with Crippen molar-refractivity contribution < 1.29 is 39.0 Å². The molecule has 1 aliphatic carbocycles. The Kier molecular flexibility index (Phi) is 10.2. The first-order chi connectivity index (χ1) is 22.4. The number of hydrogen-bond donors (Lipinski definition) is 4. The van der Waals surface area contributed by atoms with E-state index in [2.05, 4.69) is 5.32 Å². The van der Waals surface area contributed by atoms with Gasteiger partial charge >= 0.3 is 0 Å². The van der Waals surface area contributed by atoms with E-state index in [1.54, 1.807) is 26.4 Å². The van der Waals surface area contributed by atoms with Crippen LogP contribution in [0.3, 0.4) is 0 Å². The van der Waals surface area contributed by atoms with Gasteiger partial charge in [-0.1, -0.05) is 12.1 Å². The van der Waals surface area contributed by atoms with Gasteiger partial charge in [-0.25, -0.2) is 0 Å². The van der Waals surface area contributed by atoms with Gasteiger partial charge in [-0.05, 0) is 87.5 Å². The Labute approximate surface area is 271 Å². The third-order valence-corrected chi connectivity index (χ3v) is 9.72. The van der Waals surface area contributed by atoms with Gasteiger partial charge in [-0.2, -0.15) is 0 Å². The molecule has 0 saturated heterocycles. The Morgan fingerprint density at radius 2 is 1.78 bits per heavy atom. The van der Waals surface area contributed by atoms with E-state index in [-0.39, 0.29) is 24.6 Å². The Morgan fingerprint density at radius 3 is 2.52 bits per heavy atom. The fourth-order valence-electron chi connectivity index (χ4n) is 7.50. The lowest BCUT2D eigenvalue weighted by Gasteiger charge is -2.45. The molecule has 5 unspecified atom stereocenters. The van der Waals surface area contributed by atoms with Gasteiger partial charge < -0.3 is 44.3 Å². The first kappa shape index (κ1) is 32.4. The first-order valence-electron chi connectivity index (χ1n) is 16.5. The van der Waals surface area contributed by atoms with E-state index < -0.39 is 24.0 Å². The predicted molar refractivity (Wildman–Crippen MR) is 174 cm³/mol. The van der Waals surface area contributed by atoms with Crippen LogP contribution in [0.2, 0.25) is 0 Å². The highest BCUT2D eigenvalue weighted by Gasteiger charge is 2.47. The number of methoxy groups -OCH3 is 2. The minimum absolute atomic E-state index is 0.141. The summed E-state index contributed by atoms with van der Waals surface area (Å²) in [5, 5.41) is 37.5. The summed E-state index contributed by atoms with van der Waals surface area (Å²) in [6.07, 6.45) is 4.13. The molecule has 3 aromatic rings. The highest BCUT2D eigenvalue weighted by molar-refractivity contribution is 5.53. The van der Waals surface area contributed by atoms with Crippen molar-refractivity contribution in [2.45, 2.75) is 75.9 Å². The number of fused-ring (bicyclic) bond motifs is 2. The Balaban J connectivity index is 1.36. The molecular formula is C37H47NO8. The number of hydrogen-bond acceptors (Lipinski definition) is 9. The zero-order valence-corrected chi connectivity index (χ0v) is 27.0. The Bertz CT molecular complexity index is 1490. The molecule has 4 N–H and O–H groups in total. The SMILES string of the molecule is CNCc1cc2c(cc1OC)C(O)C(C1COc3c(Cc4cccc(O)c4)cc(OC4CCCC4)cc3C1O)C(CCCOC)O2. The number of ether oxygens (including phenoxy) is 5. The molecule has 1 fully saturated rings. The van der Waals surface area contributed by atoms with Crippen LogP contribution < -0.4 is 24.3 Å². The predicted octanol–water partition coefficient (Wildman–Crippen LogP) is 5.61. The van der Waals surface area contributed by atoms with Crippen LogP contribution in [0.15, 0.2) is 48.5 Å². The zero-order chi connectivity index (χ0) is 32.2. The average Bonchev–Trinajstić information content (AvgIpc) is 3.55.